The second kappa shape index (κ2) is 20.4. The summed E-state index contributed by atoms with van der Waals surface area (Å²) < 4.78 is 4.94. The first-order valence-corrected chi connectivity index (χ1v) is 35.2. The molecule has 0 saturated heterocycles. The number of hydrogen-bond donors (Lipinski definition) is 0. The molecule has 0 bridgehead atoms. The third kappa shape index (κ3) is 8.01. The van der Waals surface area contributed by atoms with E-state index in [1.165, 1.54) is 207 Å². The van der Waals surface area contributed by atoms with Crippen molar-refractivity contribution in [2.45, 2.75) is 176 Å². The zero-order valence-electron chi connectivity index (χ0n) is 49.6. The molecule has 0 atom stereocenters. The van der Waals surface area contributed by atoms with Gasteiger partial charge in [-0.2, -0.15) is 15.0 Å². The zero-order valence-corrected chi connectivity index (χ0v) is 50.6. The molecular formula is C79H79N5Si. The highest BCUT2D eigenvalue weighted by molar-refractivity contribution is 7.19. The van der Waals surface area contributed by atoms with Gasteiger partial charge in [-0.25, -0.2) is 0 Å². The monoisotopic (exact) mass is 1130 g/mol. The van der Waals surface area contributed by atoms with E-state index >= 15 is 0 Å². The SMILES string of the molecule is c1ccc([Si](c2ccccc2)(c2ccccc2)c2cccc(-c3nc(-n4c5ccccc5c5cc6c(cc54)C4(CCCCC4)CCC64CCCCC4)nc(-n4c5ccccc5c5cc6c(cc54)C4(CCCCC4)CCC64CCCCC4)n3)c2)cc1. The van der Waals surface area contributed by atoms with Crippen LogP contribution in [0.15, 0.2) is 188 Å². The van der Waals surface area contributed by atoms with Gasteiger partial charge in [0.05, 0.1) is 22.1 Å². The smallest absolute Gasteiger partial charge is 0.240 e. The van der Waals surface area contributed by atoms with E-state index in [2.05, 4.69) is 197 Å². The third-order valence-electron chi connectivity index (χ3n) is 23.5. The van der Waals surface area contributed by atoms with Gasteiger partial charge in [0, 0.05) is 27.1 Å². The van der Waals surface area contributed by atoms with E-state index in [0.29, 0.717) is 17.7 Å². The molecule has 17 rings (SSSR count). The highest BCUT2D eigenvalue weighted by atomic mass is 28.3. The van der Waals surface area contributed by atoms with Crippen LogP contribution < -0.4 is 20.7 Å². The topological polar surface area (TPSA) is 48.5 Å². The fraction of sp³-hybridized carbons (Fsp3) is 0.354. The van der Waals surface area contributed by atoms with Crippen molar-refractivity contribution in [1.29, 1.82) is 0 Å². The summed E-state index contributed by atoms with van der Waals surface area (Å²) >= 11 is 0. The molecule has 6 aliphatic carbocycles. The standard InChI is InChI=1S/C79H79N5Si/c1-8-28-57(29-9-1)85(58-30-10-2-11-31-58,59-32-12-3-13-33-59)60-34-26-27-56(51-60)73-80-74(83-69-37-16-14-35-61(69)63-52-65-67(54-71(63)83)78(43-22-6-23-44-78)49-47-76(65)39-18-4-19-40-76)82-75(81-73)84-70-38-17-15-36-62(70)64-53-66-68(55-72(64)84)79(45-24-7-25-46-79)50-48-77(66)41-20-5-21-42-77/h1-3,8-17,26-38,51-55H,4-7,18-25,39-50H2. The summed E-state index contributed by atoms with van der Waals surface area (Å²) in [5.74, 6) is 2.06. The van der Waals surface area contributed by atoms with Crippen LogP contribution in [0.2, 0.25) is 0 Å². The Hall–Kier alpha value is -7.41. The van der Waals surface area contributed by atoms with E-state index in [9.17, 15) is 0 Å². The van der Waals surface area contributed by atoms with Gasteiger partial charge in [0.15, 0.2) is 13.9 Å². The lowest BCUT2D eigenvalue weighted by atomic mass is 9.53. The van der Waals surface area contributed by atoms with Crippen molar-refractivity contribution in [1.82, 2.24) is 24.1 Å². The Morgan fingerprint density at radius 1 is 0.271 bits per heavy atom. The normalized spacial score (nSPS) is 19.7. The Bertz CT molecular complexity index is 4050. The fourth-order valence-corrected chi connectivity index (χ4v) is 24.1. The van der Waals surface area contributed by atoms with E-state index in [1.807, 2.05) is 0 Å². The number of fused-ring (bicyclic) bond motifs is 12. The van der Waals surface area contributed by atoms with Crippen LogP contribution in [0, 0.1) is 0 Å². The van der Waals surface area contributed by atoms with Gasteiger partial charge >= 0.3 is 0 Å². The average Bonchev–Trinajstić information content (AvgIpc) is 1.91. The maximum Gasteiger partial charge on any atom is 0.240 e. The number of para-hydroxylation sites is 2. The van der Waals surface area contributed by atoms with Gasteiger partial charge in [-0.15, -0.1) is 0 Å². The van der Waals surface area contributed by atoms with Crippen molar-refractivity contribution in [3.63, 3.8) is 0 Å². The molecule has 4 saturated carbocycles. The van der Waals surface area contributed by atoms with Crippen LogP contribution in [-0.2, 0) is 21.7 Å². The van der Waals surface area contributed by atoms with Crippen molar-refractivity contribution < 1.29 is 0 Å². The molecule has 4 spiro atoms. The lowest BCUT2D eigenvalue weighted by Crippen LogP contribution is -2.74. The van der Waals surface area contributed by atoms with Gasteiger partial charge in [0.25, 0.3) is 0 Å². The highest BCUT2D eigenvalue weighted by Gasteiger charge is 2.50. The molecule has 85 heavy (non-hydrogen) atoms. The van der Waals surface area contributed by atoms with Crippen LogP contribution in [-0.4, -0.2) is 32.2 Å². The van der Waals surface area contributed by atoms with Crippen molar-refractivity contribution in [2.75, 3.05) is 0 Å². The summed E-state index contributed by atoms with van der Waals surface area (Å²) in [4.78, 5) is 17.8. The van der Waals surface area contributed by atoms with Gasteiger partial charge in [-0.05, 0) is 178 Å². The van der Waals surface area contributed by atoms with Gasteiger partial charge in [0.1, 0.15) is 0 Å². The molecule has 0 amide bonds. The maximum absolute atomic E-state index is 5.97. The number of aromatic nitrogens is 5. The minimum absolute atomic E-state index is 0.211. The Balaban J connectivity index is 0.959. The molecule has 0 unspecified atom stereocenters. The molecule has 0 N–H and O–H groups in total. The molecule has 5 nitrogen and oxygen atoms in total. The van der Waals surface area contributed by atoms with Gasteiger partial charge in [-0.1, -0.05) is 229 Å². The van der Waals surface area contributed by atoms with Crippen LogP contribution in [0.1, 0.15) is 176 Å². The average molecular weight is 1130 g/mol. The molecule has 3 aromatic heterocycles. The third-order valence-corrected chi connectivity index (χ3v) is 28.3. The molecule has 8 aromatic carbocycles. The van der Waals surface area contributed by atoms with Gasteiger partial charge in [-0.3, -0.25) is 9.13 Å². The summed E-state index contributed by atoms with van der Waals surface area (Å²) in [6.07, 6.45) is 31.7. The van der Waals surface area contributed by atoms with Crippen molar-refractivity contribution >= 4 is 72.4 Å². The quantitative estimate of drug-likeness (QED) is 0.118. The van der Waals surface area contributed by atoms with E-state index in [1.54, 1.807) is 22.3 Å². The predicted octanol–water partition coefficient (Wildman–Crippen LogP) is 17.5. The summed E-state index contributed by atoms with van der Waals surface area (Å²) in [5, 5.41) is 10.6. The molecular weight excluding hydrogens is 1050 g/mol. The molecule has 0 aliphatic heterocycles. The molecule has 424 valence electrons. The van der Waals surface area contributed by atoms with Crippen LogP contribution in [0.3, 0.4) is 0 Å². The molecule has 6 aliphatic rings. The predicted molar refractivity (Wildman–Crippen MR) is 355 cm³/mol. The van der Waals surface area contributed by atoms with Crippen LogP contribution >= 0.6 is 0 Å². The van der Waals surface area contributed by atoms with E-state index in [-0.39, 0.29) is 21.7 Å². The first-order chi connectivity index (χ1) is 42.0. The summed E-state index contributed by atoms with van der Waals surface area (Å²) in [6, 6.07) is 72.6. The first kappa shape index (κ1) is 52.0. The number of benzene rings is 8. The van der Waals surface area contributed by atoms with Gasteiger partial charge < -0.3 is 0 Å². The molecule has 11 aromatic rings. The minimum Gasteiger partial charge on any atom is -0.278 e. The lowest BCUT2D eigenvalue weighted by Gasteiger charge is -2.51. The largest absolute Gasteiger partial charge is 0.278 e. The van der Waals surface area contributed by atoms with Crippen LogP contribution in [0.25, 0.3) is 66.9 Å². The van der Waals surface area contributed by atoms with E-state index in [0.717, 1.165) is 16.6 Å². The first-order valence-electron chi connectivity index (χ1n) is 33.2. The molecule has 6 heteroatoms. The summed E-state index contributed by atoms with van der Waals surface area (Å²) in [5.41, 5.74) is 13.3. The molecule has 4 fully saturated rings. The minimum atomic E-state index is -2.93. The van der Waals surface area contributed by atoms with Crippen molar-refractivity contribution in [3.05, 3.63) is 210 Å². The van der Waals surface area contributed by atoms with Crippen molar-refractivity contribution in [3.8, 4) is 23.3 Å². The number of nitrogens with zero attached hydrogens (tertiary/aromatic N) is 5. The van der Waals surface area contributed by atoms with Crippen LogP contribution in [0.4, 0.5) is 0 Å². The second-order valence-electron chi connectivity index (χ2n) is 27.6. The Kier molecular flexibility index (Phi) is 12.4. The highest BCUT2D eigenvalue weighted by Crippen LogP contribution is 2.60. The lowest BCUT2D eigenvalue weighted by molar-refractivity contribution is 0.176. The maximum atomic E-state index is 5.97. The number of rotatable bonds is 7. The number of hydrogen-bond acceptors (Lipinski definition) is 3. The van der Waals surface area contributed by atoms with E-state index in [4.69, 9.17) is 15.0 Å². The summed E-state index contributed by atoms with van der Waals surface area (Å²) in [7, 11) is -2.93. The fourth-order valence-electron chi connectivity index (χ4n) is 19.3. The van der Waals surface area contributed by atoms with Crippen LogP contribution in [0.5, 0.6) is 0 Å². The van der Waals surface area contributed by atoms with Crippen molar-refractivity contribution in [2.24, 2.45) is 0 Å². The Morgan fingerprint density at radius 2 is 0.612 bits per heavy atom. The zero-order chi connectivity index (χ0) is 56.2. The Morgan fingerprint density at radius 3 is 1.00 bits per heavy atom. The molecule has 0 radical (unpaired) electrons. The van der Waals surface area contributed by atoms with E-state index < -0.39 is 8.07 Å². The Labute approximate surface area is 503 Å². The summed E-state index contributed by atoms with van der Waals surface area (Å²) in [6.45, 7) is 0. The van der Waals surface area contributed by atoms with Gasteiger partial charge in [0.2, 0.25) is 11.9 Å². The molecule has 3 heterocycles. The second-order valence-corrected chi connectivity index (χ2v) is 31.4.